The highest BCUT2D eigenvalue weighted by Gasteiger charge is 2.42. The van der Waals surface area contributed by atoms with E-state index in [4.69, 9.17) is 4.74 Å². The van der Waals surface area contributed by atoms with Crippen molar-refractivity contribution in [2.75, 3.05) is 6.61 Å². The third-order valence-electron chi connectivity index (χ3n) is 6.62. The minimum Gasteiger partial charge on any atom is -0.376 e. The fourth-order valence-corrected chi connectivity index (χ4v) is 4.45. The lowest BCUT2D eigenvalue weighted by Gasteiger charge is -2.24. The number of fused-ring (bicyclic) bond motifs is 3. The topological polar surface area (TPSA) is 79.2 Å². The fraction of sp³-hybridized carbons (Fsp3) is 0.455. The van der Waals surface area contributed by atoms with Crippen LogP contribution in [0, 0.1) is 0 Å². The number of benzene rings is 1. The number of para-hydroxylation sites is 2. The van der Waals surface area contributed by atoms with E-state index in [0.717, 1.165) is 55.4 Å². The minimum absolute atomic E-state index is 0.0569. The quantitative estimate of drug-likeness (QED) is 0.523. The molecule has 0 N–H and O–H groups in total. The Labute approximate surface area is 173 Å². The van der Waals surface area contributed by atoms with Gasteiger partial charge in [0.05, 0.1) is 35.6 Å². The highest BCUT2D eigenvalue weighted by molar-refractivity contribution is 5.80. The predicted molar refractivity (Wildman–Crippen MR) is 112 cm³/mol. The van der Waals surface area contributed by atoms with Gasteiger partial charge in [-0.25, -0.2) is 4.98 Å². The molecule has 0 amide bonds. The molecule has 3 aromatic heterocycles. The Balaban J connectivity index is 1.54. The van der Waals surface area contributed by atoms with Gasteiger partial charge in [0, 0.05) is 12.0 Å². The lowest BCUT2D eigenvalue weighted by molar-refractivity contribution is 0.00619. The van der Waals surface area contributed by atoms with E-state index in [-0.39, 0.29) is 17.1 Å². The zero-order valence-corrected chi connectivity index (χ0v) is 17.0. The molecule has 154 valence electrons. The van der Waals surface area contributed by atoms with Crippen LogP contribution in [0.15, 0.2) is 41.6 Å². The smallest absolute Gasteiger partial charge is 0.279 e. The van der Waals surface area contributed by atoms with Gasteiger partial charge >= 0.3 is 0 Å². The molecule has 8 nitrogen and oxygen atoms in total. The van der Waals surface area contributed by atoms with Gasteiger partial charge in [0.25, 0.3) is 5.56 Å². The van der Waals surface area contributed by atoms with Crippen molar-refractivity contribution in [3.05, 3.63) is 52.8 Å². The maximum Gasteiger partial charge on any atom is 0.279 e. The number of nitrogens with zero attached hydrogens (tertiary/aromatic N) is 6. The Kier molecular flexibility index (Phi) is 3.86. The minimum atomic E-state index is -0.0787. The van der Waals surface area contributed by atoms with Crippen molar-refractivity contribution >= 4 is 16.6 Å². The first-order valence-corrected chi connectivity index (χ1v) is 10.7. The average molecular weight is 404 g/mol. The third kappa shape index (κ3) is 2.70. The van der Waals surface area contributed by atoms with Crippen molar-refractivity contribution in [2.24, 2.45) is 0 Å². The first-order valence-electron chi connectivity index (χ1n) is 10.7. The summed E-state index contributed by atoms with van der Waals surface area (Å²) in [7, 11) is 0. The number of aromatic nitrogens is 6. The summed E-state index contributed by atoms with van der Waals surface area (Å²) >= 11 is 0. The van der Waals surface area contributed by atoms with Crippen LogP contribution in [0.5, 0.6) is 0 Å². The van der Waals surface area contributed by atoms with E-state index in [1.54, 1.807) is 11.0 Å². The van der Waals surface area contributed by atoms with Crippen LogP contribution in [0.4, 0.5) is 0 Å². The number of rotatable bonds is 4. The molecule has 4 heterocycles. The second-order valence-electron chi connectivity index (χ2n) is 8.79. The molecule has 0 radical (unpaired) electrons. The highest BCUT2D eigenvalue weighted by atomic mass is 16.5. The second kappa shape index (κ2) is 6.50. The van der Waals surface area contributed by atoms with Gasteiger partial charge in [0.1, 0.15) is 6.33 Å². The summed E-state index contributed by atoms with van der Waals surface area (Å²) in [5.74, 6) is 0.520. The van der Waals surface area contributed by atoms with E-state index >= 15 is 0 Å². The van der Waals surface area contributed by atoms with E-state index in [1.165, 1.54) is 0 Å². The molecule has 1 aromatic carbocycles. The van der Waals surface area contributed by atoms with Crippen LogP contribution in [-0.2, 0) is 16.7 Å². The van der Waals surface area contributed by atoms with Gasteiger partial charge in [-0.2, -0.15) is 4.68 Å². The maximum absolute atomic E-state index is 13.7. The van der Waals surface area contributed by atoms with Crippen molar-refractivity contribution in [1.82, 2.24) is 28.9 Å². The largest absolute Gasteiger partial charge is 0.376 e. The van der Waals surface area contributed by atoms with E-state index in [2.05, 4.69) is 22.2 Å². The molecule has 6 rings (SSSR count). The van der Waals surface area contributed by atoms with Gasteiger partial charge < -0.3 is 9.30 Å². The molecule has 1 aliphatic heterocycles. The molecule has 2 aliphatic rings. The average Bonchev–Trinajstić information content (AvgIpc) is 3.19. The van der Waals surface area contributed by atoms with Gasteiger partial charge in [-0.3, -0.25) is 9.20 Å². The first kappa shape index (κ1) is 17.8. The van der Waals surface area contributed by atoms with Crippen LogP contribution in [0.1, 0.15) is 44.7 Å². The molecule has 1 atom stereocenters. The molecule has 1 saturated carbocycles. The van der Waals surface area contributed by atoms with Crippen molar-refractivity contribution in [3.63, 3.8) is 0 Å². The van der Waals surface area contributed by atoms with Crippen molar-refractivity contribution < 1.29 is 4.74 Å². The summed E-state index contributed by atoms with van der Waals surface area (Å²) in [6, 6.07) is 7.95. The molecule has 8 heteroatoms. The lowest BCUT2D eigenvalue weighted by atomic mass is 10.1. The monoisotopic (exact) mass is 404 g/mol. The Morgan fingerprint density at radius 3 is 2.80 bits per heavy atom. The first-order chi connectivity index (χ1) is 14.6. The van der Waals surface area contributed by atoms with Gasteiger partial charge in [-0.1, -0.05) is 24.3 Å². The lowest BCUT2D eigenvalue weighted by Crippen LogP contribution is -2.32. The van der Waals surface area contributed by atoms with Crippen molar-refractivity contribution in [2.45, 2.75) is 57.1 Å². The molecule has 1 aliphatic carbocycles. The fourth-order valence-electron chi connectivity index (χ4n) is 4.45. The van der Waals surface area contributed by atoms with E-state index in [1.807, 2.05) is 39.4 Å². The van der Waals surface area contributed by atoms with E-state index in [9.17, 15) is 4.79 Å². The Bertz CT molecular complexity index is 1310. The summed E-state index contributed by atoms with van der Waals surface area (Å²) in [5, 5.41) is 8.66. The van der Waals surface area contributed by atoms with Crippen LogP contribution in [0.2, 0.25) is 0 Å². The SMILES string of the molecule is CC1(c2cn(-c3ncn4c3c(=O)n(CC3CCCCO3)c3ccccc34)nn2)CC1. The summed E-state index contributed by atoms with van der Waals surface area (Å²) in [5.41, 5.74) is 3.33. The van der Waals surface area contributed by atoms with E-state index < -0.39 is 0 Å². The zero-order valence-electron chi connectivity index (χ0n) is 17.0. The standard InChI is InChI=1S/C22H24N6O2/c1-22(9-10-22)18-13-28(25-24-18)20-19-21(29)26(12-15-6-4-5-11-30-15)16-7-2-3-8-17(16)27(19)14-23-20/h2-3,7-8,13-15H,4-6,9-12H2,1H3. The molecular weight excluding hydrogens is 380 g/mol. The molecule has 0 spiro atoms. The van der Waals surface area contributed by atoms with Gasteiger partial charge in [0.15, 0.2) is 11.3 Å². The third-order valence-corrected chi connectivity index (χ3v) is 6.62. The number of hydrogen-bond donors (Lipinski definition) is 0. The summed E-state index contributed by atoms with van der Waals surface area (Å²) in [6.45, 7) is 3.50. The summed E-state index contributed by atoms with van der Waals surface area (Å²) < 4.78 is 11.3. The van der Waals surface area contributed by atoms with Gasteiger partial charge in [0.2, 0.25) is 0 Å². The number of hydrogen-bond acceptors (Lipinski definition) is 5. The Hall–Kier alpha value is -3.00. The van der Waals surface area contributed by atoms with Crippen molar-refractivity contribution in [3.8, 4) is 5.82 Å². The molecule has 30 heavy (non-hydrogen) atoms. The van der Waals surface area contributed by atoms with Crippen LogP contribution in [-0.4, -0.2) is 41.7 Å². The maximum atomic E-state index is 13.7. The van der Waals surface area contributed by atoms with Crippen LogP contribution in [0.25, 0.3) is 22.4 Å². The number of imidazole rings is 1. The predicted octanol–water partition coefficient (Wildman–Crippen LogP) is 2.85. The van der Waals surface area contributed by atoms with E-state index in [0.29, 0.717) is 17.9 Å². The van der Waals surface area contributed by atoms with Crippen molar-refractivity contribution in [1.29, 1.82) is 0 Å². The Morgan fingerprint density at radius 1 is 1.20 bits per heavy atom. The van der Waals surface area contributed by atoms with Crippen LogP contribution >= 0.6 is 0 Å². The highest BCUT2D eigenvalue weighted by Crippen LogP contribution is 2.46. The number of ether oxygens (including phenoxy) is 1. The second-order valence-corrected chi connectivity index (χ2v) is 8.79. The molecule has 1 unspecified atom stereocenters. The molecular formula is C22H24N6O2. The van der Waals surface area contributed by atoms with Gasteiger partial charge in [-0.15, -0.1) is 5.10 Å². The Morgan fingerprint density at radius 2 is 2.03 bits per heavy atom. The van der Waals surface area contributed by atoms with Crippen LogP contribution < -0.4 is 5.56 Å². The zero-order chi connectivity index (χ0) is 20.3. The van der Waals surface area contributed by atoms with Crippen LogP contribution in [0.3, 0.4) is 0 Å². The molecule has 2 fully saturated rings. The summed E-state index contributed by atoms with van der Waals surface area (Å²) in [4.78, 5) is 18.2. The molecule has 1 saturated heterocycles. The molecule has 0 bridgehead atoms. The van der Waals surface area contributed by atoms with Gasteiger partial charge in [-0.05, 0) is 44.2 Å². The normalized spacial score (nSPS) is 20.8. The summed E-state index contributed by atoms with van der Waals surface area (Å²) in [6.07, 6.45) is 9.12. The molecule has 4 aromatic rings.